The highest BCUT2D eigenvalue weighted by molar-refractivity contribution is 7.89. The smallest absolute Gasteiger partial charge is 0.243 e. The van der Waals surface area contributed by atoms with Crippen molar-refractivity contribution in [2.24, 2.45) is 11.8 Å². The topological polar surface area (TPSA) is 55.8 Å². The number of hydrogen-bond donors (Lipinski definition) is 0. The molecular weight excluding hydrogens is 290 g/mol. The van der Waals surface area contributed by atoms with Crippen molar-refractivity contribution < 1.29 is 17.9 Å². The molecule has 2 aliphatic heterocycles. The van der Waals surface area contributed by atoms with Crippen LogP contribution >= 0.6 is 0 Å². The Bertz CT molecular complexity index is 619. The van der Waals surface area contributed by atoms with Crippen LogP contribution in [0.15, 0.2) is 23.1 Å². The minimum Gasteiger partial charge on any atom is -0.486 e. The van der Waals surface area contributed by atoms with Crippen LogP contribution in [-0.2, 0) is 10.0 Å². The number of hydrogen-bond acceptors (Lipinski definition) is 4. The summed E-state index contributed by atoms with van der Waals surface area (Å²) in [7, 11) is -3.46. The van der Waals surface area contributed by atoms with E-state index in [2.05, 4.69) is 13.8 Å². The zero-order chi connectivity index (χ0) is 15.0. The Labute approximate surface area is 125 Å². The van der Waals surface area contributed by atoms with Gasteiger partial charge in [0.05, 0.1) is 4.90 Å². The molecule has 0 N–H and O–H groups in total. The molecule has 2 atom stereocenters. The van der Waals surface area contributed by atoms with Crippen LogP contribution in [-0.4, -0.2) is 39.0 Å². The van der Waals surface area contributed by atoms with E-state index in [1.54, 1.807) is 22.5 Å². The Morgan fingerprint density at radius 1 is 1.05 bits per heavy atom. The van der Waals surface area contributed by atoms with Crippen LogP contribution in [0.4, 0.5) is 0 Å². The highest BCUT2D eigenvalue weighted by Gasteiger charge is 2.32. The van der Waals surface area contributed by atoms with Crippen molar-refractivity contribution in [3.63, 3.8) is 0 Å². The lowest BCUT2D eigenvalue weighted by atomic mass is 9.94. The van der Waals surface area contributed by atoms with E-state index in [1.165, 1.54) is 0 Å². The van der Waals surface area contributed by atoms with Crippen molar-refractivity contribution in [1.82, 2.24) is 4.31 Å². The molecule has 0 radical (unpaired) electrons. The van der Waals surface area contributed by atoms with E-state index in [0.29, 0.717) is 49.6 Å². The average molecular weight is 311 g/mol. The normalized spacial score (nSPS) is 26.6. The molecular formula is C15H21NO4S. The predicted molar refractivity (Wildman–Crippen MR) is 79.1 cm³/mol. The SMILES string of the molecule is C[C@H]1C[C@H](C)CN(S(=O)(=O)c2ccc3c(c2)OCCO3)C1. The van der Waals surface area contributed by atoms with Gasteiger partial charge in [-0.3, -0.25) is 0 Å². The maximum absolute atomic E-state index is 12.8. The maximum atomic E-state index is 12.8. The molecule has 2 heterocycles. The van der Waals surface area contributed by atoms with Gasteiger partial charge in [-0.15, -0.1) is 0 Å². The summed E-state index contributed by atoms with van der Waals surface area (Å²) >= 11 is 0. The van der Waals surface area contributed by atoms with Gasteiger partial charge in [-0.1, -0.05) is 13.8 Å². The number of rotatable bonds is 2. The molecule has 2 aliphatic rings. The van der Waals surface area contributed by atoms with Gasteiger partial charge >= 0.3 is 0 Å². The van der Waals surface area contributed by atoms with Crippen molar-refractivity contribution in [3.05, 3.63) is 18.2 Å². The third kappa shape index (κ3) is 2.87. The molecule has 1 aromatic carbocycles. The van der Waals surface area contributed by atoms with E-state index < -0.39 is 10.0 Å². The fraction of sp³-hybridized carbons (Fsp3) is 0.600. The van der Waals surface area contributed by atoms with Crippen LogP contribution in [0.5, 0.6) is 11.5 Å². The fourth-order valence-electron chi connectivity index (χ4n) is 3.14. The lowest BCUT2D eigenvalue weighted by Gasteiger charge is -2.34. The number of ether oxygens (including phenoxy) is 2. The standard InChI is InChI=1S/C15H21NO4S/c1-11-7-12(2)10-16(9-11)21(17,18)13-3-4-14-15(8-13)20-6-5-19-14/h3-4,8,11-12H,5-7,9-10H2,1-2H3/t11-,12-/m0/s1. The van der Waals surface area contributed by atoms with E-state index in [1.807, 2.05) is 0 Å². The number of sulfonamides is 1. The van der Waals surface area contributed by atoms with Gasteiger partial charge in [0.2, 0.25) is 10.0 Å². The number of benzene rings is 1. The van der Waals surface area contributed by atoms with Crippen LogP contribution in [0.2, 0.25) is 0 Å². The van der Waals surface area contributed by atoms with Gasteiger partial charge < -0.3 is 9.47 Å². The molecule has 0 aliphatic carbocycles. The van der Waals surface area contributed by atoms with Gasteiger partial charge in [0, 0.05) is 19.2 Å². The third-order valence-electron chi connectivity index (χ3n) is 3.99. The average Bonchev–Trinajstić information content (AvgIpc) is 2.45. The van der Waals surface area contributed by atoms with Gasteiger partial charge in [-0.2, -0.15) is 4.31 Å². The highest BCUT2D eigenvalue weighted by atomic mass is 32.2. The molecule has 116 valence electrons. The predicted octanol–water partition coefficient (Wildman–Crippen LogP) is 2.12. The first-order valence-electron chi connectivity index (χ1n) is 7.36. The lowest BCUT2D eigenvalue weighted by molar-refractivity contribution is 0.171. The molecule has 1 aromatic rings. The van der Waals surface area contributed by atoms with Crippen molar-refractivity contribution in [3.8, 4) is 11.5 Å². The van der Waals surface area contributed by atoms with E-state index in [4.69, 9.17) is 9.47 Å². The van der Waals surface area contributed by atoms with Crippen LogP contribution < -0.4 is 9.47 Å². The second-order valence-electron chi connectivity index (χ2n) is 6.07. The summed E-state index contributed by atoms with van der Waals surface area (Å²) in [4.78, 5) is 0.285. The molecule has 0 amide bonds. The van der Waals surface area contributed by atoms with Crippen molar-refractivity contribution >= 4 is 10.0 Å². The molecule has 1 fully saturated rings. The molecule has 5 nitrogen and oxygen atoms in total. The Hall–Kier alpha value is -1.27. The molecule has 21 heavy (non-hydrogen) atoms. The van der Waals surface area contributed by atoms with Crippen molar-refractivity contribution in [2.75, 3.05) is 26.3 Å². The summed E-state index contributed by atoms with van der Waals surface area (Å²) in [5.74, 6) is 1.91. The number of piperidine rings is 1. The monoisotopic (exact) mass is 311 g/mol. The van der Waals surface area contributed by atoms with Gasteiger partial charge in [-0.25, -0.2) is 8.42 Å². The summed E-state index contributed by atoms with van der Waals surface area (Å²) in [5.41, 5.74) is 0. The van der Waals surface area contributed by atoms with Gasteiger partial charge in [0.25, 0.3) is 0 Å². The minimum absolute atomic E-state index is 0.285. The second kappa shape index (κ2) is 5.50. The molecule has 0 spiro atoms. The first kappa shape index (κ1) is 14.7. The molecule has 6 heteroatoms. The number of nitrogens with zero attached hydrogens (tertiary/aromatic N) is 1. The summed E-state index contributed by atoms with van der Waals surface area (Å²) in [6, 6.07) is 4.86. The summed E-state index contributed by atoms with van der Waals surface area (Å²) < 4.78 is 38.1. The van der Waals surface area contributed by atoms with Crippen LogP contribution in [0, 0.1) is 11.8 Å². The Balaban J connectivity index is 1.91. The highest BCUT2D eigenvalue weighted by Crippen LogP contribution is 2.34. The molecule has 0 aromatic heterocycles. The second-order valence-corrected chi connectivity index (χ2v) is 8.01. The quantitative estimate of drug-likeness (QED) is 0.839. The van der Waals surface area contributed by atoms with Gasteiger partial charge in [0.1, 0.15) is 13.2 Å². The first-order valence-corrected chi connectivity index (χ1v) is 8.80. The molecule has 0 saturated carbocycles. The van der Waals surface area contributed by atoms with Crippen molar-refractivity contribution in [2.45, 2.75) is 25.2 Å². The van der Waals surface area contributed by atoms with Crippen LogP contribution in [0.25, 0.3) is 0 Å². The lowest BCUT2D eigenvalue weighted by Crippen LogP contribution is -2.42. The number of fused-ring (bicyclic) bond motifs is 1. The largest absolute Gasteiger partial charge is 0.486 e. The van der Waals surface area contributed by atoms with Crippen LogP contribution in [0.1, 0.15) is 20.3 Å². The van der Waals surface area contributed by atoms with E-state index in [-0.39, 0.29) is 4.90 Å². The summed E-state index contributed by atoms with van der Waals surface area (Å²) in [5, 5.41) is 0. The van der Waals surface area contributed by atoms with Gasteiger partial charge in [0.15, 0.2) is 11.5 Å². The fourth-order valence-corrected chi connectivity index (χ4v) is 4.83. The van der Waals surface area contributed by atoms with E-state index in [0.717, 1.165) is 6.42 Å². The molecule has 1 saturated heterocycles. The summed E-state index contributed by atoms with van der Waals surface area (Å²) in [6.45, 7) is 6.32. The molecule has 0 unspecified atom stereocenters. The van der Waals surface area contributed by atoms with E-state index >= 15 is 0 Å². The maximum Gasteiger partial charge on any atom is 0.243 e. The molecule has 3 rings (SSSR count). The zero-order valence-corrected chi connectivity index (χ0v) is 13.2. The third-order valence-corrected chi connectivity index (χ3v) is 5.81. The molecule has 0 bridgehead atoms. The Morgan fingerprint density at radius 2 is 1.67 bits per heavy atom. The zero-order valence-electron chi connectivity index (χ0n) is 12.4. The van der Waals surface area contributed by atoms with Crippen molar-refractivity contribution in [1.29, 1.82) is 0 Å². The Kier molecular flexibility index (Phi) is 3.84. The first-order chi connectivity index (χ1) is 9.96. The van der Waals surface area contributed by atoms with E-state index in [9.17, 15) is 8.42 Å². The summed E-state index contributed by atoms with van der Waals surface area (Å²) in [6.07, 6.45) is 1.08. The van der Waals surface area contributed by atoms with Gasteiger partial charge in [-0.05, 0) is 30.4 Å². The Morgan fingerprint density at radius 3 is 2.33 bits per heavy atom. The van der Waals surface area contributed by atoms with Crippen LogP contribution in [0.3, 0.4) is 0 Å². The minimum atomic E-state index is -3.46.